The molecule has 22 heavy (non-hydrogen) atoms. The van der Waals surface area contributed by atoms with Crippen molar-refractivity contribution in [2.24, 2.45) is 5.92 Å². The van der Waals surface area contributed by atoms with Gasteiger partial charge in [-0.05, 0) is 26.0 Å². The molecule has 1 fully saturated rings. The van der Waals surface area contributed by atoms with Crippen LogP contribution in [0, 0.1) is 21.8 Å². The first-order valence-electron chi connectivity index (χ1n) is 6.84. The first-order chi connectivity index (χ1) is 10.3. The highest BCUT2D eigenvalue weighted by Crippen LogP contribution is 2.29. The Morgan fingerprint density at radius 2 is 2.18 bits per heavy atom. The topological polar surface area (TPSA) is 92.6 Å². The van der Waals surface area contributed by atoms with Gasteiger partial charge in [0.15, 0.2) is 0 Å². The van der Waals surface area contributed by atoms with Gasteiger partial charge in [0.05, 0.1) is 16.5 Å². The molecule has 1 aliphatic heterocycles. The third-order valence-corrected chi connectivity index (χ3v) is 3.36. The van der Waals surface area contributed by atoms with Crippen LogP contribution in [0.25, 0.3) is 0 Å². The van der Waals surface area contributed by atoms with Crippen molar-refractivity contribution < 1.29 is 18.9 Å². The lowest BCUT2D eigenvalue weighted by atomic mass is 10.1. The summed E-state index contributed by atoms with van der Waals surface area (Å²) in [5.74, 6) is -2.03. The van der Waals surface area contributed by atoms with E-state index in [9.17, 15) is 24.1 Å². The molecular weight excluding hydrogens is 293 g/mol. The maximum atomic E-state index is 13.3. The van der Waals surface area contributed by atoms with Gasteiger partial charge in [-0.15, -0.1) is 0 Å². The lowest BCUT2D eigenvalue weighted by molar-refractivity contribution is -0.387. The van der Waals surface area contributed by atoms with Crippen LogP contribution in [0.5, 0.6) is 0 Å². The Morgan fingerprint density at radius 1 is 1.50 bits per heavy atom. The second-order valence-electron chi connectivity index (χ2n) is 5.46. The molecule has 0 saturated carbocycles. The standard InChI is InChI=1S/C14H16FN3O4/c1-8(2)16-14(20)9-5-13(19)17(7-9)10-3-4-11(15)12(6-10)18(21)22/h3-4,6,8-9H,5,7H2,1-2H3,(H,16,20). The largest absolute Gasteiger partial charge is 0.354 e. The van der Waals surface area contributed by atoms with Crippen molar-refractivity contribution in [2.75, 3.05) is 11.4 Å². The molecule has 0 spiro atoms. The second-order valence-corrected chi connectivity index (χ2v) is 5.46. The molecule has 1 aromatic carbocycles. The minimum Gasteiger partial charge on any atom is -0.354 e. The van der Waals surface area contributed by atoms with E-state index in [4.69, 9.17) is 0 Å². The summed E-state index contributed by atoms with van der Waals surface area (Å²) in [6.45, 7) is 3.76. The van der Waals surface area contributed by atoms with Crippen LogP contribution in [-0.2, 0) is 9.59 Å². The lowest BCUT2D eigenvalue weighted by Crippen LogP contribution is -2.36. The molecule has 2 rings (SSSR count). The number of nitrogens with one attached hydrogen (secondary N) is 1. The van der Waals surface area contributed by atoms with Gasteiger partial charge in [0.25, 0.3) is 0 Å². The Hall–Kier alpha value is -2.51. The van der Waals surface area contributed by atoms with E-state index >= 15 is 0 Å². The second kappa shape index (κ2) is 6.08. The molecule has 118 valence electrons. The smallest absolute Gasteiger partial charge is 0.306 e. The Bertz CT molecular complexity index is 633. The summed E-state index contributed by atoms with van der Waals surface area (Å²) in [7, 11) is 0. The molecule has 0 radical (unpaired) electrons. The number of carbonyl (C=O) groups is 2. The van der Waals surface area contributed by atoms with Crippen LogP contribution in [-0.4, -0.2) is 29.3 Å². The van der Waals surface area contributed by atoms with E-state index in [-0.39, 0.29) is 36.5 Å². The summed E-state index contributed by atoms with van der Waals surface area (Å²) in [6.07, 6.45) is 0.0315. The molecule has 0 aromatic heterocycles. The number of hydrogen-bond donors (Lipinski definition) is 1. The quantitative estimate of drug-likeness (QED) is 0.675. The zero-order chi connectivity index (χ0) is 16.4. The predicted molar refractivity (Wildman–Crippen MR) is 76.8 cm³/mol. The van der Waals surface area contributed by atoms with Crippen LogP contribution in [0.15, 0.2) is 18.2 Å². The number of nitro groups is 1. The van der Waals surface area contributed by atoms with E-state index in [0.29, 0.717) is 0 Å². The minimum absolute atomic E-state index is 0.0315. The number of anilines is 1. The Kier molecular flexibility index (Phi) is 4.39. The van der Waals surface area contributed by atoms with Crippen molar-refractivity contribution in [2.45, 2.75) is 26.3 Å². The van der Waals surface area contributed by atoms with E-state index in [0.717, 1.165) is 12.1 Å². The fourth-order valence-electron chi connectivity index (χ4n) is 2.34. The maximum absolute atomic E-state index is 13.3. The number of hydrogen-bond acceptors (Lipinski definition) is 4. The fraction of sp³-hybridized carbons (Fsp3) is 0.429. The number of nitro benzene ring substituents is 1. The van der Waals surface area contributed by atoms with Crippen LogP contribution in [0.4, 0.5) is 15.8 Å². The molecule has 1 N–H and O–H groups in total. The van der Waals surface area contributed by atoms with Crippen molar-refractivity contribution in [1.29, 1.82) is 0 Å². The van der Waals surface area contributed by atoms with Gasteiger partial charge in [-0.25, -0.2) is 0 Å². The Morgan fingerprint density at radius 3 is 2.77 bits per heavy atom. The van der Waals surface area contributed by atoms with E-state index in [1.807, 2.05) is 13.8 Å². The molecule has 2 amide bonds. The van der Waals surface area contributed by atoms with Crippen molar-refractivity contribution >= 4 is 23.2 Å². The number of carbonyl (C=O) groups excluding carboxylic acids is 2. The van der Waals surface area contributed by atoms with Crippen molar-refractivity contribution in [3.05, 3.63) is 34.1 Å². The molecule has 0 aliphatic carbocycles. The summed E-state index contributed by atoms with van der Waals surface area (Å²) < 4.78 is 13.3. The number of benzene rings is 1. The van der Waals surface area contributed by atoms with Gasteiger partial charge < -0.3 is 10.2 Å². The number of amides is 2. The highest BCUT2D eigenvalue weighted by Gasteiger charge is 2.36. The molecule has 7 nitrogen and oxygen atoms in total. The minimum atomic E-state index is -0.963. The van der Waals surface area contributed by atoms with Gasteiger partial charge in [-0.3, -0.25) is 19.7 Å². The molecule has 8 heteroatoms. The summed E-state index contributed by atoms with van der Waals surface area (Å²) >= 11 is 0. The van der Waals surface area contributed by atoms with E-state index in [1.165, 1.54) is 11.0 Å². The first kappa shape index (κ1) is 15.9. The molecule has 1 aromatic rings. The predicted octanol–water partition coefficient (Wildman–Crippen LogP) is 1.61. The van der Waals surface area contributed by atoms with Crippen LogP contribution in [0.3, 0.4) is 0 Å². The third kappa shape index (κ3) is 3.21. The van der Waals surface area contributed by atoms with Gasteiger partial charge in [-0.1, -0.05) is 0 Å². The monoisotopic (exact) mass is 309 g/mol. The van der Waals surface area contributed by atoms with Gasteiger partial charge in [0, 0.05) is 25.1 Å². The lowest BCUT2D eigenvalue weighted by Gasteiger charge is -2.17. The molecule has 1 atom stereocenters. The van der Waals surface area contributed by atoms with E-state index in [1.54, 1.807) is 0 Å². The van der Waals surface area contributed by atoms with Crippen LogP contribution < -0.4 is 10.2 Å². The molecular formula is C14H16FN3O4. The van der Waals surface area contributed by atoms with E-state index < -0.39 is 22.3 Å². The van der Waals surface area contributed by atoms with Crippen LogP contribution in [0.1, 0.15) is 20.3 Å². The van der Waals surface area contributed by atoms with Gasteiger partial charge in [-0.2, -0.15) is 4.39 Å². The van der Waals surface area contributed by atoms with E-state index in [2.05, 4.69) is 5.32 Å². The number of nitrogens with zero attached hydrogens (tertiary/aromatic N) is 2. The Balaban J connectivity index is 2.20. The highest BCUT2D eigenvalue weighted by molar-refractivity contribution is 6.00. The normalized spacial score (nSPS) is 17.9. The average Bonchev–Trinajstić information content (AvgIpc) is 2.80. The fourth-order valence-corrected chi connectivity index (χ4v) is 2.34. The third-order valence-electron chi connectivity index (χ3n) is 3.36. The molecule has 1 heterocycles. The molecule has 0 bridgehead atoms. The maximum Gasteiger partial charge on any atom is 0.306 e. The summed E-state index contributed by atoms with van der Waals surface area (Å²) in [5, 5.41) is 13.5. The van der Waals surface area contributed by atoms with Crippen LogP contribution in [0.2, 0.25) is 0 Å². The summed E-state index contributed by atoms with van der Waals surface area (Å²) in [5.41, 5.74) is -0.474. The summed E-state index contributed by atoms with van der Waals surface area (Å²) in [6, 6.07) is 3.21. The van der Waals surface area contributed by atoms with Crippen molar-refractivity contribution in [3.8, 4) is 0 Å². The van der Waals surface area contributed by atoms with Gasteiger partial charge in [0.1, 0.15) is 0 Å². The SMILES string of the molecule is CC(C)NC(=O)C1CC(=O)N(c2ccc(F)c([N+](=O)[O-])c2)C1. The average molecular weight is 309 g/mol. The molecule has 1 unspecified atom stereocenters. The van der Waals surface area contributed by atoms with Gasteiger partial charge >= 0.3 is 5.69 Å². The summed E-state index contributed by atoms with van der Waals surface area (Å²) in [4.78, 5) is 35.2. The van der Waals surface area contributed by atoms with Crippen LogP contribution >= 0.6 is 0 Å². The van der Waals surface area contributed by atoms with Crippen molar-refractivity contribution in [3.63, 3.8) is 0 Å². The van der Waals surface area contributed by atoms with Gasteiger partial charge in [0.2, 0.25) is 17.6 Å². The Labute approximate surface area is 126 Å². The zero-order valence-electron chi connectivity index (χ0n) is 12.2. The molecule has 1 saturated heterocycles. The molecule has 1 aliphatic rings. The zero-order valence-corrected chi connectivity index (χ0v) is 12.2. The number of rotatable bonds is 4. The highest BCUT2D eigenvalue weighted by atomic mass is 19.1. The van der Waals surface area contributed by atoms with Crippen molar-refractivity contribution in [1.82, 2.24) is 5.32 Å². The first-order valence-corrected chi connectivity index (χ1v) is 6.84. The number of halogens is 1.